The van der Waals surface area contributed by atoms with Gasteiger partial charge in [0.05, 0.1) is 5.69 Å². The zero-order valence-electron chi connectivity index (χ0n) is 12.5. The molecule has 0 saturated carbocycles. The molecule has 1 atom stereocenters. The number of rotatable bonds is 6. The Bertz CT molecular complexity index is 667. The van der Waals surface area contributed by atoms with Crippen LogP contribution in [0.4, 0.5) is 0 Å². The molecule has 0 saturated heterocycles. The molecule has 7 heteroatoms. The first-order valence-corrected chi connectivity index (χ1v) is 7.02. The molecule has 0 bridgehead atoms. The van der Waals surface area contributed by atoms with Crippen LogP contribution in [-0.2, 0) is 4.79 Å². The lowest BCUT2D eigenvalue weighted by Gasteiger charge is -2.15. The van der Waals surface area contributed by atoms with Crippen molar-refractivity contribution >= 4 is 11.9 Å². The summed E-state index contributed by atoms with van der Waals surface area (Å²) in [5.41, 5.74) is 1.98. The summed E-state index contributed by atoms with van der Waals surface area (Å²) in [5.74, 6) is -1.41. The van der Waals surface area contributed by atoms with Gasteiger partial charge in [-0.05, 0) is 37.1 Å². The predicted molar refractivity (Wildman–Crippen MR) is 79.9 cm³/mol. The Labute approximate surface area is 128 Å². The van der Waals surface area contributed by atoms with E-state index < -0.39 is 12.0 Å². The lowest BCUT2D eigenvalue weighted by Crippen LogP contribution is -2.40. The van der Waals surface area contributed by atoms with Gasteiger partial charge in [-0.3, -0.25) is 4.79 Å². The minimum absolute atomic E-state index is 0.386. The second-order valence-corrected chi connectivity index (χ2v) is 4.99. The van der Waals surface area contributed by atoms with Gasteiger partial charge in [-0.15, -0.1) is 0 Å². The van der Waals surface area contributed by atoms with Crippen LogP contribution in [0.3, 0.4) is 0 Å². The molecule has 7 nitrogen and oxygen atoms in total. The van der Waals surface area contributed by atoms with Crippen molar-refractivity contribution in [3.8, 4) is 5.69 Å². The summed E-state index contributed by atoms with van der Waals surface area (Å²) in [6.45, 7) is 3.67. The second kappa shape index (κ2) is 6.84. The van der Waals surface area contributed by atoms with Crippen LogP contribution in [0.5, 0.6) is 0 Å². The quantitative estimate of drug-likeness (QED) is 0.844. The fourth-order valence-corrected chi connectivity index (χ4v) is 2.17. The number of nitrogens with zero attached hydrogens (tertiary/aromatic N) is 3. The first-order valence-electron chi connectivity index (χ1n) is 7.02. The number of aliphatic carboxylic acids is 1. The van der Waals surface area contributed by atoms with Gasteiger partial charge in [-0.2, -0.15) is 5.10 Å². The number of aromatic nitrogens is 3. The van der Waals surface area contributed by atoms with Gasteiger partial charge in [0.1, 0.15) is 18.7 Å². The van der Waals surface area contributed by atoms with Crippen LogP contribution in [0.15, 0.2) is 30.9 Å². The van der Waals surface area contributed by atoms with Gasteiger partial charge in [-0.1, -0.05) is 13.3 Å². The molecule has 0 radical (unpaired) electrons. The van der Waals surface area contributed by atoms with Crippen LogP contribution in [0.25, 0.3) is 5.69 Å². The zero-order chi connectivity index (χ0) is 16.1. The fraction of sp³-hybridized carbons (Fsp3) is 0.333. The van der Waals surface area contributed by atoms with Gasteiger partial charge in [-0.25, -0.2) is 14.5 Å². The molecular weight excluding hydrogens is 284 g/mol. The maximum atomic E-state index is 12.2. The monoisotopic (exact) mass is 302 g/mol. The molecule has 2 aromatic rings. The standard InChI is InChI=1S/C15H18N4O3/c1-3-4-13(15(21)22)18-14(20)12-6-5-11(7-10(12)2)19-9-16-8-17-19/h5-9,13H,3-4H2,1-2H3,(H,18,20)(H,21,22). The largest absolute Gasteiger partial charge is 0.480 e. The fourth-order valence-electron chi connectivity index (χ4n) is 2.17. The third-order valence-corrected chi connectivity index (χ3v) is 3.32. The van der Waals surface area contributed by atoms with E-state index in [-0.39, 0.29) is 5.91 Å². The maximum Gasteiger partial charge on any atom is 0.326 e. The van der Waals surface area contributed by atoms with Gasteiger partial charge in [0.15, 0.2) is 0 Å². The Kier molecular flexibility index (Phi) is 4.88. The SMILES string of the molecule is CCCC(NC(=O)c1ccc(-n2cncn2)cc1C)C(=O)O. The molecule has 0 aliphatic heterocycles. The number of aryl methyl sites for hydroxylation is 1. The molecule has 1 heterocycles. The summed E-state index contributed by atoms with van der Waals surface area (Å²) in [6.07, 6.45) is 4.08. The molecule has 2 rings (SSSR count). The van der Waals surface area contributed by atoms with E-state index in [0.717, 1.165) is 11.3 Å². The Morgan fingerprint density at radius 1 is 1.41 bits per heavy atom. The highest BCUT2D eigenvalue weighted by Crippen LogP contribution is 2.14. The molecular formula is C15H18N4O3. The molecule has 22 heavy (non-hydrogen) atoms. The predicted octanol–water partition coefficient (Wildman–Crippen LogP) is 1.56. The van der Waals surface area contributed by atoms with Crippen LogP contribution in [-0.4, -0.2) is 37.8 Å². The van der Waals surface area contributed by atoms with Gasteiger partial charge < -0.3 is 10.4 Å². The third-order valence-electron chi connectivity index (χ3n) is 3.32. The number of nitrogens with one attached hydrogen (secondary N) is 1. The molecule has 0 fully saturated rings. The van der Waals surface area contributed by atoms with Crippen LogP contribution in [0, 0.1) is 6.92 Å². The second-order valence-electron chi connectivity index (χ2n) is 4.99. The molecule has 1 aromatic carbocycles. The molecule has 0 aliphatic carbocycles. The molecule has 0 aliphatic rings. The number of hydrogen-bond acceptors (Lipinski definition) is 4. The number of amides is 1. The van der Waals surface area contributed by atoms with Crippen LogP contribution in [0.2, 0.25) is 0 Å². The zero-order valence-corrected chi connectivity index (χ0v) is 12.5. The Balaban J connectivity index is 2.18. The minimum Gasteiger partial charge on any atom is -0.480 e. The number of hydrogen-bond donors (Lipinski definition) is 2. The molecule has 1 unspecified atom stereocenters. The molecule has 116 valence electrons. The minimum atomic E-state index is -1.02. The van der Waals surface area contributed by atoms with E-state index in [9.17, 15) is 9.59 Å². The van der Waals surface area contributed by atoms with Crippen molar-refractivity contribution in [1.29, 1.82) is 0 Å². The molecule has 1 aromatic heterocycles. The molecule has 0 spiro atoms. The number of carboxylic acids is 1. The summed E-state index contributed by atoms with van der Waals surface area (Å²) in [6, 6.07) is 4.34. The summed E-state index contributed by atoms with van der Waals surface area (Å²) < 4.78 is 1.59. The summed E-state index contributed by atoms with van der Waals surface area (Å²) in [5, 5.41) is 15.7. The summed E-state index contributed by atoms with van der Waals surface area (Å²) in [4.78, 5) is 27.2. The highest BCUT2D eigenvalue weighted by Gasteiger charge is 2.20. The van der Waals surface area contributed by atoms with Crippen molar-refractivity contribution in [2.24, 2.45) is 0 Å². The average Bonchev–Trinajstić information content (AvgIpc) is 3.00. The normalized spacial score (nSPS) is 11.9. The van der Waals surface area contributed by atoms with E-state index in [1.165, 1.54) is 6.33 Å². The lowest BCUT2D eigenvalue weighted by molar-refractivity contribution is -0.139. The topological polar surface area (TPSA) is 97.1 Å². The van der Waals surface area contributed by atoms with Crippen LogP contribution < -0.4 is 5.32 Å². The summed E-state index contributed by atoms with van der Waals surface area (Å²) >= 11 is 0. The molecule has 2 N–H and O–H groups in total. The maximum absolute atomic E-state index is 12.2. The number of benzene rings is 1. The van der Waals surface area contributed by atoms with Crippen molar-refractivity contribution in [2.75, 3.05) is 0 Å². The summed E-state index contributed by atoms with van der Waals surface area (Å²) in [7, 11) is 0. The Morgan fingerprint density at radius 3 is 2.73 bits per heavy atom. The number of carbonyl (C=O) groups is 2. The van der Waals surface area contributed by atoms with Crippen molar-refractivity contribution in [2.45, 2.75) is 32.7 Å². The van der Waals surface area contributed by atoms with Crippen molar-refractivity contribution in [3.63, 3.8) is 0 Å². The highest BCUT2D eigenvalue weighted by atomic mass is 16.4. The van der Waals surface area contributed by atoms with Crippen molar-refractivity contribution in [3.05, 3.63) is 42.0 Å². The van der Waals surface area contributed by atoms with E-state index in [4.69, 9.17) is 5.11 Å². The number of carbonyl (C=O) groups excluding carboxylic acids is 1. The van der Waals surface area contributed by atoms with Gasteiger partial charge in [0, 0.05) is 5.56 Å². The van der Waals surface area contributed by atoms with Gasteiger partial charge in [0.25, 0.3) is 5.91 Å². The van der Waals surface area contributed by atoms with Crippen LogP contribution in [0.1, 0.15) is 35.7 Å². The smallest absolute Gasteiger partial charge is 0.326 e. The van der Waals surface area contributed by atoms with Gasteiger partial charge in [0.2, 0.25) is 0 Å². The lowest BCUT2D eigenvalue weighted by atomic mass is 10.1. The molecule has 1 amide bonds. The Morgan fingerprint density at radius 2 is 2.18 bits per heavy atom. The highest BCUT2D eigenvalue weighted by molar-refractivity contribution is 5.98. The third kappa shape index (κ3) is 3.49. The van der Waals surface area contributed by atoms with E-state index in [1.54, 1.807) is 36.1 Å². The Hall–Kier alpha value is -2.70. The van der Waals surface area contributed by atoms with E-state index in [2.05, 4.69) is 15.4 Å². The first-order chi connectivity index (χ1) is 10.5. The van der Waals surface area contributed by atoms with E-state index >= 15 is 0 Å². The first kappa shape index (κ1) is 15.7. The van der Waals surface area contributed by atoms with E-state index in [1.807, 2.05) is 6.92 Å². The average molecular weight is 302 g/mol. The van der Waals surface area contributed by atoms with Gasteiger partial charge >= 0.3 is 5.97 Å². The van der Waals surface area contributed by atoms with Crippen LogP contribution >= 0.6 is 0 Å². The van der Waals surface area contributed by atoms with Crippen molar-refractivity contribution < 1.29 is 14.7 Å². The van der Waals surface area contributed by atoms with Crippen molar-refractivity contribution in [1.82, 2.24) is 20.1 Å². The number of carboxylic acid groups (broad SMARTS) is 1. The van der Waals surface area contributed by atoms with E-state index in [0.29, 0.717) is 18.4 Å².